The molecule has 2 heteroatoms. The van der Waals surface area contributed by atoms with E-state index in [1.54, 1.807) is 6.26 Å². The maximum Gasteiger partial charge on any atom is 0.167 e. The topological polar surface area (TPSA) is 26.3 Å². The molecule has 1 aliphatic rings. The highest BCUT2D eigenvalue weighted by Gasteiger charge is 2.33. The molecule has 74 valence electrons. The summed E-state index contributed by atoms with van der Waals surface area (Å²) in [6.45, 7) is 6.58. The van der Waals surface area contributed by atoms with Crippen LogP contribution in [0.2, 0.25) is 0 Å². The van der Waals surface area contributed by atoms with Crippen LogP contribution in [0.1, 0.15) is 40.0 Å². The van der Waals surface area contributed by atoms with Gasteiger partial charge in [-0.2, -0.15) is 0 Å². The first kappa shape index (κ1) is 10.3. The number of Topliss-reactive ketones (excluding diaryl/α,β-unsaturated/α-hetero) is 1. The van der Waals surface area contributed by atoms with Gasteiger partial charge in [-0.1, -0.05) is 13.8 Å². The molecule has 0 radical (unpaired) electrons. The lowest BCUT2D eigenvalue weighted by molar-refractivity contribution is -0.125. The van der Waals surface area contributed by atoms with Crippen LogP contribution >= 0.6 is 0 Å². The molecule has 1 aliphatic carbocycles. The number of ether oxygens (including phenoxy) is 1. The van der Waals surface area contributed by atoms with Crippen molar-refractivity contribution < 1.29 is 9.53 Å². The molecular weight excluding hydrogens is 164 g/mol. The number of rotatable bonds is 2. The third-order valence-corrected chi connectivity index (χ3v) is 2.55. The summed E-state index contributed by atoms with van der Waals surface area (Å²) in [6, 6.07) is 0. The molecule has 0 aliphatic heterocycles. The van der Waals surface area contributed by atoms with Gasteiger partial charge >= 0.3 is 0 Å². The predicted octanol–water partition coefficient (Wildman–Crippen LogP) is 2.69. The Morgan fingerprint density at radius 2 is 2.23 bits per heavy atom. The third-order valence-electron chi connectivity index (χ3n) is 2.55. The normalized spacial score (nSPS) is 24.8. The fourth-order valence-corrected chi connectivity index (χ4v) is 1.68. The van der Waals surface area contributed by atoms with Gasteiger partial charge in [0.05, 0.1) is 12.9 Å². The minimum Gasteiger partial charge on any atom is -0.501 e. The first-order valence-electron chi connectivity index (χ1n) is 4.93. The van der Waals surface area contributed by atoms with Gasteiger partial charge in [-0.25, -0.2) is 0 Å². The van der Waals surface area contributed by atoms with Crippen molar-refractivity contribution in [3.8, 4) is 0 Å². The fourth-order valence-electron chi connectivity index (χ4n) is 1.68. The van der Waals surface area contributed by atoms with E-state index in [1.807, 2.05) is 20.8 Å². The van der Waals surface area contributed by atoms with Crippen LogP contribution in [0, 0.1) is 5.41 Å². The summed E-state index contributed by atoms with van der Waals surface area (Å²) >= 11 is 0. The zero-order valence-corrected chi connectivity index (χ0v) is 8.72. The minimum absolute atomic E-state index is 0.179. The average Bonchev–Trinajstić information content (AvgIpc) is 2.08. The number of hydrogen-bond acceptors (Lipinski definition) is 2. The van der Waals surface area contributed by atoms with Gasteiger partial charge in [0.2, 0.25) is 0 Å². The van der Waals surface area contributed by atoms with Gasteiger partial charge in [-0.05, 0) is 26.2 Å². The second-order valence-corrected chi connectivity index (χ2v) is 4.16. The van der Waals surface area contributed by atoms with Crippen LogP contribution in [0.4, 0.5) is 0 Å². The number of hydrogen-bond donors (Lipinski definition) is 0. The van der Waals surface area contributed by atoms with Gasteiger partial charge in [0, 0.05) is 11.0 Å². The van der Waals surface area contributed by atoms with E-state index in [1.165, 1.54) is 0 Å². The first-order chi connectivity index (χ1) is 6.08. The molecule has 13 heavy (non-hydrogen) atoms. The van der Waals surface area contributed by atoms with Crippen molar-refractivity contribution in [3.05, 3.63) is 11.8 Å². The summed E-state index contributed by atoms with van der Waals surface area (Å²) in [4.78, 5) is 11.8. The van der Waals surface area contributed by atoms with Crippen LogP contribution in [0.5, 0.6) is 0 Å². The van der Waals surface area contributed by atoms with Gasteiger partial charge in [0.25, 0.3) is 0 Å². The lowest BCUT2D eigenvalue weighted by Crippen LogP contribution is -2.29. The smallest absolute Gasteiger partial charge is 0.167 e. The molecule has 1 saturated carbocycles. The summed E-state index contributed by atoms with van der Waals surface area (Å²) in [7, 11) is 0. The zero-order chi connectivity index (χ0) is 9.90. The number of ketones is 1. The van der Waals surface area contributed by atoms with Crippen LogP contribution in [0.3, 0.4) is 0 Å². The molecule has 0 N–H and O–H groups in total. The first-order valence-corrected chi connectivity index (χ1v) is 4.93. The van der Waals surface area contributed by atoms with Gasteiger partial charge in [-0.3, -0.25) is 4.79 Å². The van der Waals surface area contributed by atoms with Gasteiger partial charge in [0.1, 0.15) is 0 Å². The van der Waals surface area contributed by atoms with Crippen LogP contribution < -0.4 is 0 Å². The van der Waals surface area contributed by atoms with Crippen molar-refractivity contribution >= 4 is 5.78 Å². The Morgan fingerprint density at radius 1 is 1.54 bits per heavy atom. The van der Waals surface area contributed by atoms with Crippen molar-refractivity contribution in [2.24, 2.45) is 5.41 Å². The molecule has 0 aromatic carbocycles. The fraction of sp³-hybridized carbons (Fsp3) is 0.727. The van der Waals surface area contributed by atoms with Crippen LogP contribution in [-0.4, -0.2) is 12.4 Å². The van der Waals surface area contributed by atoms with E-state index in [0.29, 0.717) is 6.61 Å². The lowest BCUT2D eigenvalue weighted by Gasteiger charge is -2.29. The molecule has 0 bridgehead atoms. The maximum absolute atomic E-state index is 11.8. The van der Waals surface area contributed by atoms with Crippen molar-refractivity contribution in [1.29, 1.82) is 0 Å². The molecule has 0 heterocycles. The Balaban J connectivity index is 2.71. The van der Waals surface area contributed by atoms with Crippen LogP contribution in [0.25, 0.3) is 0 Å². The monoisotopic (exact) mass is 182 g/mol. The second kappa shape index (κ2) is 3.95. The Bertz CT molecular complexity index is 226. The Hall–Kier alpha value is -0.790. The van der Waals surface area contributed by atoms with Crippen molar-refractivity contribution in [2.45, 2.75) is 40.0 Å². The second-order valence-electron chi connectivity index (χ2n) is 4.16. The predicted molar refractivity (Wildman–Crippen MR) is 52.3 cm³/mol. The third kappa shape index (κ3) is 2.33. The van der Waals surface area contributed by atoms with E-state index in [2.05, 4.69) is 0 Å². The largest absolute Gasteiger partial charge is 0.501 e. The highest BCUT2D eigenvalue weighted by atomic mass is 16.5. The van der Waals surface area contributed by atoms with E-state index >= 15 is 0 Å². The van der Waals surface area contributed by atoms with Crippen LogP contribution in [-0.2, 0) is 9.53 Å². The molecule has 0 spiro atoms. The molecule has 1 rings (SSSR count). The van der Waals surface area contributed by atoms with Gasteiger partial charge < -0.3 is 4.74 Å². The van der Waals surface area contributed by atoms with E-state index < -0.39 is 0 Å². The SMILES string of the molecule is CCOC=C1CCCC(C)(C)C1=O. The molecule has 0 amide bonds. The van der Waals surface area contributed by atoms with Crippen molar-refractivity contribution in [2.75, 3.05) is 6.61 Å². The summed E-state index contributed by atoms with van der Waals surface area (Å²) in [5.41, 5.74) is 0.680. The standard InChI is InChI=1S/C11H18O2/c1-4-13-8-9-6-5-7-11(2,3)10(9)12/h8H,4-7H2,1-3H3. The van der Waals surface area contributed by atoms with E-state index in [9.17, 15) is 4.79 Å². The number of carbonyl (C=O) groups is 1. The molecule has 0 atom stereocenters. The molecule has 0 unspecified atom stereocenters. The van der Waals surface area contributed by atoms with Gasteiger partial charge in [0.15, 0.2) is 5.78 Å². The van der Waals surface area contributed by atoms with Crippen molar-refractivity contribution in [3.63, 3.8) is 0 Å². The Morgan fingerprint density at radius 3 is 2.85 bits per heavy atom. The highest BCUT2D eigenvalue weighted by Crippen LogP contribution is 2.34. The van der Waals surface area contributed by atoms with E-state index in [4.69, 9.17) is 4.74 Å². The molecular formula is C11H18O2. The quantitative estimate of drug-likeness (QED) is 0.485. The highest BCUT2D eigenvalue weighted by molar-refractivity contribution is 5.99. The Kier molecular flexibility index (Phi) is 3.12. The molecule has 1 fully saturated rings. The molecule has 0 aromatic heterocycles. The molecule has 0 aromatic rings. The molecule has 0 saturated heterocycles. The zero-order valence-electron chi connectivity index (χ0n) is 8.72. The maximum atomic E-state index is 11.8. The lowest BCUT2D eigenvalue weighted by atomic mass is 9.74. The number of allylic oxidation sites excluding steroid dienone is 1. The summed E-state index contributed by atoms with van der Waals surface area (Å²) in [5, 5.41) is 0. The summed E-state index contributed by atoms with van der Waals surface area (Å²) in [6.07, 6.45) is 4.61. The minimum atomic E-state index is -0.179. The van der Waals surface area contributed by atoms with Crippen LogP contribution in [0.15, 0.2) is 11.8 Å². The van der Waals surface area contributed by atoms with Crippen molar-refractivity contribution in [1.82, 2.24) is 0 Å². The summed E-state index contributed by atoms with van der Waals surface area (Å²) in [5.74, 6) is 0.257. The summed E-state index contributed by atoms with van der Waals surface area (Å²) < 4.78 is 5.15. The number of carbonyl (C=O) groups excluding carboxylic acids is 1. The molecule has 2 nitrogen and oxygen atoms in total. The van der Waals surface area contributed by atoms with E-state index in [0.717, 1.165) is 24.8 Å². The van der Waals surface area contributed by atoms with Gasteiger partial charge in [-0.15, -0.1) is 0 Å². The van der Waals surface area contributed by atoms with E-state index in [-0.39, 0.29) is 11.2 Å². The average molecular weight is 182 g/mol. The Labute approximate surface area is 80.0 Å².